The molecule has 0 aliphatic carbocycles. The zero-order valence-electron chi connectivity index (χ0n) is 14.6. The van der Waals surface area contributed by atoms with Crippen LogP contribution in [0.2, 0.25) is 0 Å². The highest BCUT2D eigenvalue weighted by molar-refractivity contribution is 5.53. The summed E-state index contributed by atoms with van der Waals surface area (Å²) in [6.07, 6.45) is 9.51. The van der Waals surface area contributed by atoms with Crippen molar-refractivity contribution in [3.05, 3.63) is 0 Å². The topological polar surface area (TPSA) is 35.5 Å². The number of carbonyl (C=O) groups is 1. The van der Waals surface area contributed by atoms with Gasteiger partial charge in [-0.1, -0.05) is 66.2 Å². The Hall–Kier alpha value is -0.410. The lowest BCUT2D eigenvalue weighted by Crippen LogP contribution is -2.25. The van der Waals surface area contributed by atoms with Crippen LogP contribution >= 0.6 is 0 Å². The number of hydrogen-bond donors (Lipinski definition) is 0. The Bertz CT molecular complexity index is 211. The summed E-state index contributed by atoms with van der Waals surface area (Å²) in [5.74, 6) is 1.08. The van der Waals surface area contributed by atoms with E-state index in [0.29, 0.717) is 25.0 Å². The van der Waals surface area contributed by atoms with Gasteiger partial charge in [0.2, 0.25) is 6.29 Å². The van der Waals surface area contributed by atoms with Gasteiger partial charge in [0.25, 0.3) is 0 Å². The molecule has 0 fully saturated rings. The number of ether oxygens (including phenoxy) is 2. The predicted molar refractivity (Wildman–Crippen MR) is 88.4 cm³/mol. The van der Waals surface area contributed by atoms with Crippen LogP contribution in [-0.2, 0) is 14.3 Å². The fourth-order valence-electron chi connectivity index (χ4n) is 2.38. The van der Waals surface area contributed by atoms with E-state index < -0.39 is 6.29 Å². The fourth-order valence-corrected chi connectivity index (χ4v) is 2.38. The normalized spacial score (nSPS) is 15.6. The highest BCUT2D eigenvalue weighted by Crippen LogP contribution is 2.16. The summed E-state index contributed by atoms with van der Waals surface area (Å²) < 4.78 is 11.3. The van der Waals surface area contributed by atoms with Crippen LogP contribution in [0.5, 0.6) is 0 Å². The van der Waals surface area contributed by atoms with Crippen LogP contribution in [0.25, 0.3) is 0 Å². The van der Waals surface area contributed by atoms with Crippen LogP contribution in [0.4, 0.5) is 0 Å². The third kappa shape index (κ3) is 10.9. The Morgan fingerprint density at radius 1 is 0.810 bits per heavy atom. The Morgan fingerprint density at radius 3 is 1.52 bits per heavy atom. The number of carbonyl (C=O) groups excluding carboxylic acids is 1. The second-order valence-electron chi connectivity index (χ2n) is 6.00. The highest BCUT2D eigenvalue weighted by atomic mass is 16.7. The van der Waals surface area contributed by atoms with Crippen molar-refractivity contribution in [2.45, 2.75) is 85.4 Å². The average Bonchev–Trinajstić information content (AvgIpc) is 2.52. The quantitative estimate of drug-likeness (QED) is 0.316. The lowest BCUT2D eigenvalue weighted by molar-refractivity contribution is -0.165. The molecule has 0 aliphatic rings. The first-order valence-corrected chi connectivity index (χ1v) is 8.90. The van der Waals surface area contributed by atoms with Crippen LogP contribution < -0.4 is 0 Å². The third-order valence-corrected chi connectivity index (χ3v) is 4.19. The van der Waals surface area contributed by atoms with Crippen molar-refractivity contribution in [3.8, 4) is 0 Å². The van der Waals surface area contributed by atoms with Crippen molar-refractivity contribution in [1.82, 2.24) is 0 Å². The molecule has 0 spiro atoms. The summed E-state index contributed by atoms with van der Waals surface area (Å²) in [4.78, 5) is 11.1. The molecule has 0 aliphatic heterocycles. The molecule has 0 radical (unpaired) electrons. The SMILES string of the molecule is CCCCC(CC)COC(C=O)OCC(CC)CCCC. The molecule has 0 rings (SSSR count). The van der Waals surface area contributed by atoms with Crippen LogP contribution in [0.3, 0.4) is 0 Å². The van der Waals surface area contributed by atoms with Gasteiger partial charge in [-0.25, -0.2) is 0 Å². The Balaban J connectivity index is 3.99. The van der Waals surface area contributed by atoms with Crippen molar-refractivity contribution in [2.75, 3.05) is 13.2 Å². The monoisotopic (exact) mass is 300 g/mol. The Labute approximate surface area is 131 Å². The third-order valence-electron chi connectivity index (χ3n) is 4.19. The van der Waals surface area contributed by atoms with Crippen LogP contribution in [-0.4, -0.2) is 25.8 Å². The summed E-state index contributed by atoms with van der Waals surface area (Å²) >= 11 is 0. The molecule has 0 N–H and O–H groups in total. The Kier molecular flexibility index (Phi) is 14.2. The minimum atomic E-state index is -0.684. The summed E-state index contributed by atoms with van der Waals surface area (Å²) in [6.45, 7) is 10.0. The van der Waals surface area contributed by atoms with Gasteiger partial charge in [-0.15, -0.1) is 0 Å². The molecule has 0 aromatic rings. The number of rotatable bonds is 15. The van der Waals surface area contributed by atoms with Crippen molar-refractivity contribution in [2.24, 2.45) is 11.8 Å². The smallest absolute Gasteiger partial charge is 0.214 e. The molecule has 0 saturated heterocycles. The van der Waals surface area contributed by atoms with Gasteiger partial charge in [-0.3, -0.25) is 4.79 Å². The largest absolute Gasteiger partial charge is 0.346 e. The van der Waals surface area contributed by atoms with Crippen molar-refractivity contribution < 1.29 is 14.3 Å². The molecule has 0 amide bonds. The van der Waals surface area contributed by atoms with E-state index in [9.17, 15) is 4.79 Å². The molecule has 0 saturated carbocycles. The molecule has 2 unspecified atom stereocenters. The van der Waals surface area contributed by atoms with E-state index in [0.717, 1.165) is 19.1 Å². The molecular formula is C18H36O3. The second kappa shape index (κ2) is 14.5. The van der Waals surface area contributed by atoms with Crippen LogP contribution in [0, 0.1) is 11.8 Å². The van der Waals surface area contributed by atoms with E-state index in [1.165, 1.54) is 38.5 Å². The van der Waals surface area contributed by atoms with Gasteiger partial charge in [0.15, 0.2) is 6.29 Å². The lowest BCUT2D eigenvalue weighted by atomic mass is 10.0. The van der Waals surface area contributed by atoms with Gasteiger partial charge in [-0.2, -0.15) is 0 Å². The lowest BCUT2D eigenvalue weighted by Gasteiger charge is -2.21. The van der Waals surface area contributed by atoms with Gasteiger partial charge in [0, 0.05) is 0 Å². The summed E-state index contributed by atoms with van der Waals surface area (Å²) in [5, 5.41) is 0. The number of unbranched alkanes of at least 4 members (excludes halogenated alkanes) is 2. The summed E-state index contributed by atoms with van der Waals surface area (Å²) in [7, 11) is 0. The average molecular weight is 300 g/mol. The number of hydrogen-bond acceptors (Lipinski definition) is 3. The molecular weight excluding hydrogens is 264 g/mol. The summed E-state index contributed by atoms with van der Waals surface area (Å²) in [6, 6.07) is 0. The predicted octanol–water partition coefficient (Wildman–Crippen LogP) is 4.98. The van der Waals surface area contributed by atoms with Crippen LogP contribution in [0.15, 0.2) is 0 Å². The first-order chi connectivity index (χ1) is 10.2. The minimum Gasteiger partial charge on any atom is -0.346 e. The van der Waals surface area contributed by atoms with Gasteiger partial charge in [0.05, 0.1) is 13.2 Å². The maximum absolute atomic E-state index is 11.1. The first-order valence-electron chi connectivity index (χ1n) is 8.90. The van der Waals surface area contributed by atoms with E-state index in [-0.39, 0.29) is 0 Å². The molecule has 2 atom stereocenters. The van der Waals surface area contributed by atoms with Gasteiger partial charge in [-0.05, 0) is 24.7 Å². The van der Waals surface area contributed by atoms with E-state index >= 15 is 0 Å². The second-order valence-corrected chi connectivity index (χ2v) is 6.00. The van der Waals surface area contributed by atoms with E-state index in [2.05, 4.69) is 27.7 Å². The maximum atomic E-state index is 11.1. The van der Waals surface area contributed by atoms with Crippen molar-refractivity contribution in [3.63, 3.8) is 0 Å². The standard InChI is InChI=1S/C18H36O3/c1-5-9-11-16(7-3)14-20-18(13-19)21-15-17(8-4)12-10-6-2/h13,16-18H,5-12,14-15H2,1-4H3. The van der Waals surface area contributed by atoms with Gasteiger partial charge < -0.3 is 9.47 Å². The Morgan fingerprint density at radius 2 is 1.24 bits per heavy atom. The van der Waals surface area contributed by atoms with Crippen molar-refractivity contribution in [1.29, 1.82) is 0 Å². The van der Waals surface area contributed by atoms with Gasteiger partial charge >= 0.3 is 0 Å². The molecule has 0 heterocycles. The molecule has 0 bridgehead atoms. The van der Waals surface area contributed by atoms with E-state index in [1.54, 1.807) is 0 Å². The molecule has 21 heavy (non-hydrogen) atoms. The highest BCUT2D eigenvalue weighted by Gasteiger charge is 2.15. The fraction of sp³-hybridized carbons (Fsp3) is 0.944. The number of aldehydes is 1. The van der Waals surface area contributed by atoms with E-state index in [1.807, 2.05) is 0 Å². The van der Waals surface area contributed by atoms with Crippen molar-refractivity contribution >= 4 is 6.29 Å². The van der Waals surface area contributed by atoms with E-state index in [4.69, 9.17) is 9.47 Å². The van der Waals surface area contributed by atoms with Gasteiger partial charge in [0.1, 0.15) is 0 Å². The molecule has 3 heteroatoms. The molecule has 126 valence electrons. The zero-order valence-corrected chi connectivity index (χ0v) is 14.6. The maximum Gasteiger partial charge on any atom is 0.214 e. The summed E-state index contributed by atoms with van der Waals surface area (Å²) in [5.41, 5.74) is 0. The molecule has 0 aromatic heterocycles. The zero-order chi connectivity index (χ0) is 15.9. The minimum absolute atomic E-state index is 0.540. The first kappa shape index (κ1) is 20.6. The molecule has 3 nitrogen and oxygen atoms in total. The molecule has 0 aromatic carbocycles. The van der Waals surface area contributed by atoms with Crippen LogP contribution in [0.1, 0.15) is 79.1 Å².